The lowest BCUT2D eigenvalue weighted by molar-refractivity contribution is -0.144. The lowest BCUT2D eigenvalue weighted by Gasteiger charge is -2.36. The number of phenolic OH excluding ortho intramolecular Hbond substituents is 1. The number of primary amides is 1. The average Bonchev–Trinajstić information content (AvgIpc) is 2.74. The summed E-state index contributed by atoms with van der Waals surface area (Å²) in [7, 11) is 0. The molecule has 0 aliphatic rings. The van der Waals surface area contributed by atoms with Crippen LogP contribution in [0.1, 0.15) is 98.6 Å². The van der Waals surface area contributed by atoms with Crippen molar-refractivity contribution in [2.75, 3.05) is 6.54 Å². The van der Waals surface area contributed by atoms with E-state index in [2.05, 4.69) is 17.6 Å². The maximum absolute atomic E-state index is 14.0. The van der Waals surface area contributed by atoms with E-state index in [-0.39, 0.29) is 12.3 Å². The summed E-state index contributed by atoms with van der Waals surface area (Å²) in [6, 6.07) is 3.66. The van der Waals surface area contributed by atoms with Crippen molar-refractivity contribution in [3.8, 4) is 5.75 Å². The van der Waals surface area contributed by atoms with Crippen LogP contribution in [0.15, 0.2) is 24.3 Å². The SMILES string of the molecule is CCCCCCCN(C(=O)C(CC(N)=O)NC(=O)OC(C)(C)C)C(C(=O)NC(C)(C)C)c1cccc(O)c1. The van der Waals surface area contributed by atoms with E-state index < -0.39 is 53.5 Å². The number of benzene rings is 1. The highest BCUT2D eigenvalue weighted by atomic mass is 16.6. The number of carbonyl (C=O) groups excluding carboxylic acids is 4. The van der Waals surface area contributed by atoms with Crippen LogP contribution in [0.2, 0.25) is 0 Å². The minimum Gasteiger partial charge on any atom is -0.508 e. The number of alkyl carbamates (subject to hydrolysis) is 1. The molecule has 2 unspecified atom stereocenters. The Morgan fingerprint density at radius 1 is 1.03 bits per heavy atom. The normalized spacial score (nSPS) is 13.2. The van der Waals surface area contributed by atoms with Gasteiger partial charge in [0.2, 0.25) is 17.7 Å². The third-order valence-electron chi connectivity index (χ3n) is 5.42. The Hall–Kier alpha value is -3.30. The summed E-state index contributed by atoms with van der Waals surface area (Å²) in [4.78, 5) is 53.4. The predicted molar refractivity (Wildman–Crippen MR) is 146 cm³/mol. The van der Waals surface area contributed by atoms with Crippen molar-refractivity contribution in [1.29, 1.82) is 0 Å². The van der Waals surface area contributed by atoms with Crippen molar-refractivity contribution in [3.63, 3.8) is 0 Å². The molecule has 5 N–H and O–H groups in total. The van der Waals surface area contributed by atoms with Crippen LogP contribution in [-0.4, -0.2) is 57.5 Å². The number of amides is 4. The maximum atomic E-state index is 14.0. The molecular weight excluding hydrogens is 488 g/mol. The quantitative estimate of drug-likeness (QED) is 0.282. The van der Waals surface area contributed by atoms with Gasteiger partial charge in [-0.2, -0.15) is 0 Å². The van der Waals surface area contributed by atoms with Crippen LogP contribution in [0, 0.1) is 0 Å². The zero-order valence-electron chi connectivity index (χ0n) is 23.9. The number of hydrogen-bond acceptors (Lipinski definition) is 6. The number of unbranched alkanes of at least 4 members (excludes halogenated alkanes) is 4. The van der Waals surface area contributed by atoms with E-state index in [1.165, 1.54) is 17.0 Å². The zero-order valence-corrected chi connectivity index (χ0v) is 23.9. The molecule has 0 aliphatic carbocycles. The number of nitrogens with one attached hydrogen (secondary N) is 2. The van der Waals surface area contributed by atoms with E-state index in [0.717, 1.165) is 25.7 Å². The summed E-state index contributed by atoms with van der Waals surface area (Å²) in [5.74, 6) is -1.97. The van der Waals surface area contributed by atoms with Crippen LogP contribution < -0.4 is 16.4 Å². The Morgan fingerprint density at radius 3 is 2.18 bits per heavy atom. The second-order valence-corrected chi connectivity index (χ2v) is 11.6. The van der Waals surface area contributed by atoms with Gasteiger partial charge in [0.15, 0.2) is 0 Å². The molecule has 1 aromatic carbocycles. The van der Waals surface area contributed by atoms with E-state index in [9.17, 15) is 24.3 Å². The van der Waals surface area contributed by atoms with Crippen molar-refractivity contribution < 1.29 is 29.0 Å². The number of rotatable bonds is 13. The van der Waals surface area contributed by atoms with Crippen LogP contribution in [-0.2, 0) is 19.1 Å². The van der Waals surface area contributed by atoms with Gasteiger partial charge in [-0.05, 0) is 65.7 Å². The molecule has 0 saturated heterocycles. The van der Waals surface area contributed by atoms with Gasteiger partial charge >= 0.3 is 6.09 Å². The predicted octanol–water partition coefficient (Wildman–Crippen LogP) is 3.92. The first-order valence-electron chi connectivity index (χ1n) is 13.2. The van der Waals surface area contributed by atoms with Crippen molar-refractivity contribution in [2.45, 2.75) is 110 Å². The molecule has 4 amide bonds. The lowest BCUT2D eigenvalue weighted by atomic mass is 9.99. The number of aromatic hydroxyl groups is 1. The van der Waals surface area contributed by atoms with Crippen LogP contribution >= 0.6 is 0 Å². The van der Waals surface area contributed by atoms with E-state index in [0.29, 0.717) is 12.0 Å². The van der Waals surface area contributed by atoms with Crippen LogP contribution in [0.4, 0.5) is 4.79 Å². The minimum atomic E-state index is -1.35. The molecule has 0 fully saturated rings. The van der Waals surface area contributed by atoms with Gasteiger partial charge in [0.1, 0.15) is 23.4 Å². The highest BCUT2D eigenvalue weighted by molar-refractivity contribution is 5.94. The first-order valence-corrected chi connectivity index (χ1v) is 13.2. The molecule has 38 heavy (non-hydrogen) atoms. The van der Waals surface area contributed by atoms with E-state index in [1.54, 1.807) is 32.9 Å². The van der Waals surface area contributed by atoms with E-state index >= 15 is 0 Å². The van der Waals surface area contributed by atoms with Crippen LogP contribution in [0.3, 0.4) is 0 Å². The number of hydrogen-bond donors (Lipinski definition) is 4. The number of nitrogens with two attached hydrogens (primary N) is 1. The molecule has 1 rings (SSSR count). The molecule has 0 bridgehead atoms. The van der Waals surface area contributed by atoms with Gasteiger partial charge in [-0.3, -0.25) is 14.4 Å². The molecule has 0 heterocycles. The number of ether oxygens (including phenoxy) is 1. The first kappa shape index (κ1) is 32.7. The summed E-state index contributed by atoms with van der Waals surface area (Å²) in [6.45, 7) is 12.8. The third-order valence-corrected chi connectivity index (χ3v) is 5.42. The topological polar surface area (TPSA) is 151 Å². The molecule has 10 nitrogen and oxygen atoms in total. The summed E-state index contributed by atoms with van der Waals surface area (Å²) >= 11 is 0. The lowest BCUT2D eigenvalue weighted by Crippen LogP contribution is -2.55. The summed E-state index contributed by atoms with van der Waals surface area (Å²) in [5, 5.41) is 15.5. The second kappa shape index (κ2) is 14.6. The monoisotopic (exact) mass is 534 g/mol. The van der Waals surface area contributed by atoms with Gasteiger partial charge in [0.05, 0.1) is 6.42 Å². The fourth-order valence-electron chi connectivity index (χ4n) is 3.91. The fourth-order valence-corrected chi connectivity index (χ4v) is 3.91. The van der Waals surface area contributed by atoms with Gasteiger partial charge in [-0.15, -0.1) is 0 Å². The van der Waals surface area contributed by atoms with Crippen molar-refractivity contribution in [3.05, 3.63) is 29.8 Å². The van der Waals surface area contributed by atoms with Gasteiger partial charge in [0, 0.05) is 12.1 Å². The maximum Gasteiger partial charge on any atom is 0.408 e. The Labute approximate surface area is 226 Å². The van der Waals surface area contributed by atoms with E-state index in [1.807, 2.05) is 20.8 Å². The summed E-state index contributed by atoms with van der Waals surface area (Å²) in [5.41, 5.74) is 4.38. The molecule has 10 heteroatoms. The molecule has 1 aromatic rings. The van der Waals surface area contributed by atoms with E-state index in [4.69, 9.17) is 10.5 Å². The molecule has 2 atom stereocenters. The molecular formula is C28H46N4O6. The summed E-state index contributed by atoms with van der Waals surface area (Å²) < 4.78 is 5.29. The van der Waals surface area contributed by atoms with Gasteiger partial charge in [0.25, 0.3) is 0 Å². The molecule has 0 saturated carbocycles. The second-order valence-electron chi connectivity index (χ2n) is 11.6. The number of carbonyl (C=O) groups is 4. The van der Waals surface area contributed by atoms with Crippen molar-refractivity contribution in [2.24, 2.45) is 5.73 Å². The standard InChI is InChI=1S/C28H46N4O6/c1-8-9-10-11-12-16-32(25(36)21(18-22(29)34)30-26(37)38-28(5,6)7)23(24(35)31-27(2,3)4)19-14-13-15-20(33)17-19/h13-15,17,21,23,33H,8-12,16,18H2,1-7H3,(H2,29,34)(H,30,37)(H,31,35). The largest absolute Gasteiger partial charge is 0.508 e. The number of nitrogens with zero attached hydrogens (tertiary/aromatic N) is 1. The zero-order chi connectivity index (χ0) is 29.1. The smallest absolute Gasteiger partial charge is 0.408 e. The molecule has 0 aromatic heterocycles. The van der Waals surface area contributed by atoms with Crippen molar-refractivity contribution >= 4 is 23.8 Å². The highest BCUT2D eigenvalue weighted by Gasteiger charge is 2.37. The van der Waals surface area contributed by atoms with Gasteiger partial charge < -0.3 is 31.1 Å². The molecule has 0 aliphatic heterocycles. The minimum absolute atomic E-state index is 0.0630. The van der Waals surface area contributed by atoms with Gasteiger partial charge in [-0.1, -0.05) is 44.7 Å². The van der Waals surface area contributed by atoms with Crippen LogP contribution in [0.25, 0.3) is 0 Å². The molecule has 214 valence electrons. The van der Waals surface area contributed by atoms with Crippen LogP contribution in [0.5, 0.6) is 5.75 Å². The molecule has 0 spiro atoms. The van der Waals surface area contributed by atoms with Gasteiger partial charge in [-0.25, -0.2) is 4.79 Å². The molecule has 0 radical (unpaired) electrons. The Kier molecular flexibility index (Phi) is 12.6. The highest BCUT2D eigenvalue weighted by Crippen LogP contribution is 2.27. The van der Waals surface area contributed by atoms with Crippen molar-refractivity contribution in [1.82, 2.24) is 15.5 Å². The third kappa shape index (κ3) is 12.3. The Balaban J connectivity index is 3.51. The number of phenols is 1. The Morgan fingerprint density at radius 2 is 1.66 bits per heavy atom. The first-order chi connectivity index (χ1) is 17.5. The Bertz CT molecular complexity index is 951. The fraction of sp³-hybridized carbons (Fsp3) is 0.643. The summed E-state index contributed by atoms with van der Waals surface area (Å²) in [6.07, 6.45) is 3.11. The average molecular weight is 535 g/mol.